The fourth-order valence-electron chi connectivity index (χ4n) is 3.04. The molecule has 1 aromatic rings. The van der Waals surface area contributed by atoms with E-state index in [1.165, 1.54) is 0 Å². The topological polar surface area (TPSA) is 28.5 Å². The van der Waals surface area contributed by atoms with Gasteiger partial charge in [-0.25, -0.2) is 0 Å². The second-order valence-electron chi connectivity index (χ2n) is 6.54. The number of amides is 1. The zero-order chi connectivity index (χ0) is 15.6. The Morgan fingerprint density at radius 2 is 2.00 bits per heavy atom. The summed E-state index contributed by atoms with van der Waals surface area (Å²) in [6.45, 7) is 7.07. The minimum atomic E-state index is 0.165. The SMILES string of the molecule is CC(C)n1cc(Br)cc1C(=O)N1CCC(CN(C)C)CC1. The number of hydrogen-bond donors (Lipinski definition) is 0. The second kappa shape index (κ2) is 6.97. The lowest BCUT2D eigenvalue weighted by atomic mass is 9.96. The maximum atomic E-state index is 12.7. The van der Waals surface area contributed by atoms with Gasteiger partial charge in [0.1, 0.15) is 5.69 Å². The number of piperidine rings is 1. The van der Waals surface area contributed by atoms with Gasteiger partial charge in [-0.15, -0.1) is 0 Å². The number of likely N-dealkylation sites (tertiary alicyclic amines) is 1. The highest BCUT2D eigenvalue weighted by molar-refractivity contribution is 9.10. The van der Waals surface area contributed by atoms with Crippen LogP contribution in [-0.2, 0) is 0 Å². The number of aromatic nitrogens is 1. The summed E-state index contributed by atoms with van der Waals surface area (Å²) in [4.78, 5) is 17.0. The van der Waals surface area contributed by atoms with Crippen LogP contribution < -0.4 is 0 Å². The molecule has 0 atom stereocenters. The molecule has 0 radical (unpaired) electrons. The highest BCUT2D eigenvalue weighted by Gasteiger charge is 2.26. The molecule has 1 aromatic heterocycles. The number of rotatable bonds is 4. The Bertz CT molecular complexity index is 488. The van der Waals surface area contributed by atoms with Crippen molar-refractivity contribution < 1.29 is 4.79 Å². The first kappa shape index (κ1) is 16.6. The summed E-state index contributed by atoms with van der Waals surface area (Å²) in [6.07, 6.45) is 4.21. The molecular formula is C16H26BrN3O. The quantitative estimate of drug-likeness (QED) is 0.829. The molecule has 1 aliphatic rings. The van der Waals surface area contributed by atoms with Gasteiger partial charge in [0.25, 0.3) is 5.91 Å². The number of carbonyl (C=O) groups is 1. The molecule has 0 N–H and O–H groups in total. The van der Waals surface area contributed by atoms with Crippen molar-refractivity contribution in [3.63, 3.8) is 0 Å². The van der Waals surface area contributed by atoms with Crippen LogP contribution in [0.2, 0.25) is 0 Å². The summed E-state index contributed by atoms with van der Waals surface area (Å²) >= 11 is 3.48. The summed E-state index contributed by atoms with van der Waals surface area (Å²) < 4.78 is 3.03. The largest absolute Gasteiger partial charge is 0.340 e. The Balaban J connectivity index is 2.02. The van der Waals surface area contributed by atoms with E-state index in [1.54, 1.807) is 0 Å². The van der Waals surface area contributed by atoms with E-state index in [0.717, 1.165) is 42.6 Å². The second-order valence-corrected chi connectivity index (χ2v) is 7.46. The number of nitrogens with zero attached hydrogens (tertiary/aromatic N) is 3. The van der Waals surface area contributed by atoms with Gasteiger partial charge in [0.05, 0.1) is 0 Å². The molecule has 0 unspecified atom stereocenters. The lowest BCUT2D eigenvalue weighted by molar-refractivity contribution is 0.0665. The molecule has 1 amide bonds. The van der Waals surface area contributed by atoms with Crippen LogP contribution in [0.5, 0.6) is 0 Å². The monoisotopic (exact) mass is 355 g/mol. The van der Waals surface area contributed by atoms with Crippen molar-refractivity contribution in [3.05, 3.63) is 22.4 Å². The predicted octanol–water partition coefficient (Wildman–Crippen LogP) is 3.25. The van der Waals surface area contributed by atoms with Gasteiger partial charge in [0.2, 0.25) is 0 Å². The van der Waals surface area contributed by atoms with Crippen molar-refractivity contribution in [3.8, 4) is 0 Å². The third kappa shape index (κ3) is 4.10. The number of hydrogen-bond acceptors (Lipinski definition) is 2. The Labute approximate surface area is 136 Å². The van der Waals surface area contributed by atoms with Crippen molar-refractivity contribution in [2.24, 2.45) is 5.92 Å². The molecule has 21 heavy (non-hydrogen) atoms. The lowest BCUT2D eigenvalue weighted by Crippen LogP contribution is -2.41. The molecule has 0 aliphatic carbocycles. The zero-order valence-electron chi connectivity index (χ0n) is 13.5. The molecule has 1 saturated heterocycles. The summed E-state index contributed by atoms with van der Waals surface area (Å²) in [5.41, 5.74) is 0.794. The molecular weight excluding hydrogens is 330 g/mol. The minimum Gasteiger partial charge on any atom is -0.340 e. The van der Waals surface area contributed by atoms with Crippen molar-refractivity contribution in [1.29, 1.82) is 0 Å². The third-order valence-electron chi connectivity index (χ3n) is 4.12. The van der Waals surface area contributed by atoms with Crippen LogP contribution in [0, 0.1) is 5.92 Å². The molecule has 1 aliphatic heterocycles. The van der Waals surface area contributed by atoms with Crippen LogP contribution in [-0.4, -0.2) is 54.0 Å². The molecule has 2 heterocycles. The van der Waals surface area contributed by atoms with Gasteiger partial charge in [-0.3, -0.25) is 4.79 Å². The molecule has 5 heteroatoms. The van der Waals surface area contributed by atoms with Crippen molar-refractivity contribution in [1.82, 2.24) is 14.4 Å². The Morgan fingerprint density at radius 1 is 1.38 bits per heavy atom. The van der Waals surface area contributed by atoms with E-state index in [0.29, 0.717) is 12.0 Å². The molecule has 0 aromatic carbocycles. The molecule has 1 fully saturated rings. The summed E-state index contributed by atoms with van der Waals surface area (Å²) in [5.74, 6) is 0.880. The molecule has 0 spiro atoms. The summed E-state index contributed by atoms with van der Waals surface area (Å²) in [5, 5.41) is 0. The standard InChI is InChI=1S/C16H26BrN3O/c1-12(2)20-11-14(17)9-15(20)16(21)19-7-5-13(6-8-19)10-18(3)4/h9,11-13H,5-8,10H2,1-4H3. The van der Waals surface area contributed by atoms with E-state index in [9.17, 15) is 4.79 Å². The van der Waals surface area contributed by atoms with Crippen LogP contribution in [0.3, 0.4) is 0 Å². The van der Waals surface area contributed by atoms with Crippen LogP contribution in [0.25, 0.3) is 0 Å². The number of carbonyl (C=O) groups excluding carboxylic acids is 1. The van der Waals surface area contributed by atoms with E-state index in [1.807, 2.05) is 17.2 Å². The first-order valence-electron chi connectivity index (χ1n) is 7.70. The van der Waals surface area contributed by atoms with E-state index in [4.69, 9.17) is 0 Å². The van der Waals surface area contributed by atoms with Crippen molar-refractivity contribution in [2.45, 2.75) is 32.7 Å². The van der Waals surface area contributed by atoms with Gasteiger partial charge in [-0.05, 0) is 68.7 Å². The Kier molecular flexibility index (Phi) is 5.49. The van der Waals surface area contributed by atoms with E-state index in [2.05, 4.69) is 53.3 Å². The summed E-state index contributed by atoms with van der Waals surface area (Å²) in [7, 11) is 4.23. The van der Waals surface area contributed by atoms with Crippen molar-refractivity contribution >= 4 is 21.8 Å². The lowest BCUT2D eigenvalue weighted by Gasteiger charge is -2.33. The van der Waals surface area contributed by atoms with Crippen LogP contribution in [0.1, 0.15) is 43.2 Å². The smallest absolute Gasteiger partial charge is 0.270 e. The number of halogens is 1. The molecule has 118 valence electrons. The van der Waals surface area contributed by atoms with Gasteiger partial charge in [-0.2, -0.15) is 0 Å². The van der Waals surface area contributed by atoms with Gasteiger partial charge < -0.3 is 14.4 Å². The molecule has 2 rings (SSSR count). The average Bonchev–Trinajstić information content (AvgIpc) is 2.80. The Morgan fingerprint density at radius 3 is 2.52 bits per heavy atom. The first-order valence-corrected chi connectivity index (χ1v) is 8.49. The van der Waals surface area contributed by atoms with E-state index in [-0.39, 0.29) is 5.91 Å². The fraction of sp³-hybridized carbons (Fsp3) is 0.688. The van der Waals surface area contributed by atoms with Gasteiger partial charge in [0, 0.05) is 36.3 Å². The van der Waals surface area contributed by atoms with Gasteiger partial charge in [-0.1, -0.05) is 0 Å². The van der Waals surface area contributed by atoms with Crippen LogP contribution >= 0.6 is 15.9 Å². The average molecular weight is 356 g/mol. The van der Waals surface area contributed by atoms with Gasteiger partial charge in [0.15, 0.2) is 0 Å². The minimum absolute atomic E-state index is 0.165. The first-order chi connectivity index (χ1) is 9.88. The van der Waals surface area contributed by atoms with E-state index < -0.39 is 0 Å². The normalized spacial score (nSPS) is 17.0. The molecule has 4 nitrogen and oxygen atoms in total. The Hall–Kier alpha value is -0.810. The van der Waals surface area contributed by atoms with Crippen LogP contribution in [0.4, 0.5) is 0 Å². The molecule has 0 bridgehead atoms. The predicted molar refractivity (Wildman–Crippen MR) is 89.7 cm³/mol. The molecule has 0 saturated carbocycles. The summed E-state index contributed by atoms with van der Waals surface area (Å²) in [6, 6.07) is 2.23. The fourth-order valence-corrected chi connectivity index (χ4v) is 3.48. The van der Waals surface area contributed by atoms with Crippen LogP contribution in [0.15, 0.2) is 16.7 Å². The van der Waals surface area contributed by atoms with Gasteiger partial charge >= 0.3 is 0 Å². The van der Waals surface area contributed by atoms with Crippen molar-refractivity contribution in [2.75, 3.05) is 33.7 Å². The zero-order valence-corrected chi connectivity index (χ0v) is 15.1. The van der Waals surface area contributed by atoms with E-state index >= 15 is 0 Å². The highest BCUT2D eigenvalue weighted by atomic mass is 79.9. The third-order valence-corrected chi connectivity index (χ3v) is 4.55. The maximum Gasteiger partial charge on any atom is 0.270 e. The highest BCUT2D eigenvalue weighted by Crippen LogP contribution is 2.24. The maximum absolute atomic E-state index is 12.7.